The number of ether oxygens (including phenoxy) is 1. The first kappa shape index (κ1) is 15.5. The van der Waals surface area contributed by atoms with Crippen LogP contribution in [0, 0.1) is 12.3 Å². The summed E-state index contributed by atoms with van der Waals surface area (Å²) < 4.78 is 27.8. The van der Waals surface area contributed by atoms with Crippen LogP contribution < -0.4 is 15.2 Å². The third-order valence-electron chi connectivity index (χ3n) is 1.98. The van der Waals surface area contributed by atoms with E-state index in [4.69, 9.17) is 16.3 Å². The van der Waals surface area contributed by atoms with Crippen LogP contribution in [0.1, 0.15) is 0 Å². The Morgan fingerprint density at radius 3 is 2.74 bits per heavy atom. The molecule has 1 aromatic rings. The van der Waals surface area contributed by atoms with Crippen molar-refractivity contribution in [1.82, 2.24) is 5.32 Å². The summed E-state index contributed by atoms with van der Waals surface area (Å²) in [4.78, 5) is 11.2. The highest BCUT2D eigenvalue weighted by molar-refractivity contribution is 9.10. The number of halogens is 1. The molecule has 1 rings (SSSR count). The molecule has 0 radical (unpaired) electrons. The van der Waals surface area contributed by atoms with Gasteiger partial charge in [-0.25, -0.2) is 13.6 Å². The van der Waals surface area contributed by atoms with Gasteiger partial charge >= 0.3 is 0 Å². The predicted octanol–water partition coefficient (Wildman–Crippen LogP) is 0.225. The highest BCUT2D eigenvalue weighted by Gasteiger charge is 2.11. The normalized spacial score (nSPS) is 10.6. The van der Waals surface area contributed by atoms with Crippen molar-refractivity contribution in [3.05, 3.63) is 22.7 Å². The first-order chi connectivity index (χ1) is 8.84. The minimum atomic E-state index is -3.77. The molecule has 1 amide bonds. The number of sulfonamides is 1. The molecule has 6 nitrogen and oxygen atoms in total. The maximum Gasteiger partial charge on any atom is 0.258 e. The fourth-order valence-corrected chi connectivity index (χ4v) is 2.30. The van der Waals surface area contributed by atoms with Crippen LogP contribution in [-0.4, -0.2) is 27.5 Å². The smallest absolute Gasteiger partial charge is 0.258 e. The van der Waals surface area contributed by atoms with E-state index in [0.717, 1.165) is 0 Å². The van der Waals surface area contributed by atoms with Crippen molar-refractivity contribution in [3.63, 3.8) is 0 Å². The third-order valence-corrected chi connectivity index (χ3v) is 3.51. The zero-order chi connectivity index (χ0) is 14.5. The number of carbonyl (C=O) groups is 1. The summed E-state index contributed by atoms with van der Waals surface area (Å²) >= 11 is 3.13. The van der Waals surface area contributed by atoms with Crippen LogP contribution >= 0.6 is 15.9 Å². The number of benzene rings is 1. The van der Waals surface area contributed by atoms with Gasteiger partial charge in [-0.15, -0.1) is 6.42 Å². The molecule has 0 spiro atoms. The van der Waals surface area contributed by atoms with Gasteiger partial charge in [-0.05, 0) is 34.1 Å². The summed E-state index contributed by atoms with van der Waals surface area (Å²) in [5, 5.41) is 7.41. The average molecular weight is 347 g/mol. The zero-order valence-electron chi connectivity index (χ0n) is 9.72. The van der Waals surface area contributed by atoms with E-state index in [1.165, 1.54) is 18.2 Å². The lowest BCUT2D eigenvalue weighted by atomic mass is 10.3. The van der Waals surface area contributed by atoms with Gasteiger partial charge < -0.3 is 10.1 Å². The molecule has 0 aromatic heterocycles. The van der Waals surface area contributed by atoms with E-state index in [1.807, 2.05) is 0 Å². The Balaban J connectivity index is 2.71. The molecule has 0 saturated carbocycles. The molecule has 0 saturated heterocycles. The quantitative estimate of drug-likeness (QED) is 0.745. The average Bonchev–Trinajstić information content (AvgIpc) is 2.33. The van der Waals surface area contributed by atoms with E-state index in [2.05, 4.69) is 27.2 Å². The molecule has 0 atom stereocenters. The molecule has 0 heterocycles. The van der Waals surface area contributed by atoms with E-state index in [9.17, 15) is 13.2 Å². The van der Waals surface area contributed by atoms with Gasteiger partial charge in [0, 0.05) is 0 Å². The van der Waals surface area contributed by atoms with Gasteiger partial charge in [0.25, 0.3) is 5.91 Å². The van der Waals surface area contributed by atoms with Crippen LogP contribution in [-0.2, 0) is 14.8 Å². The van der Waals surface area contributed by atoms with Crippen molar-refractivity contribution in [2.45, 2.75) is 4.90 Å². The lowest BCUT2D eigenvalue weighted by Crippen LogP contribution is -2.29. The number of terminal acetylenes is 1. The van der Waals surface area contributed by atoms with Crippen LogP contribution in [0.4, 0.5) is 0 Å². The van der Waals surface area contributed by atoms with Gasteiger partial charge in [-0.3, -0.25) is 4.79 Å². The van der Waals surface area contributed by atoms with E-state index in [1.54, 1.807) is 0 Å². The van der Waals surface area contributed by atoms with E-state index >= 15 is 0 Å². The number of amides is 1. The molecule has 19 heavy (non-hydrogen) atoms. The van der Waals surface area contributed by atoms with Crippen LogP contribution in [0.15, 0.2) is 27.6 Å². The Morgan fingerprint density at radius 2 is 2.21 bits per heavy atom. The Morgan fingerprint density at radius 1 is 1.53 bits per heavy atom. The number of nitrogens with two attached hydrogens (primary N) is 1. The highest BCUT2D eigenvalue weighted by Crippen LogP contribution is 2.27. The van der Waals surface area contributed by atoms with Crippen LogP contribution in [0.2, 0.25) is 0 Å². The molecule has 0 aliphatic rings. The van der Waals surface area contributed by atoms with E-state index < -0.39 is 10.0 Å². The Kier molecular flexibility index (Phi) is 5.35. The number of rotatable bonds is 5. The minimum absolute atomic E-state index is 0.0523. The van der Waals surface area contributed by atoms with Crippen molar-refractivity contribution in [2.24, 2.45) is 5.14 Å². The third kappa shape index (κ3) is 4.90. The number of hydrogen-bond acceptors (Lipinski definition) is 4. The number of primary sulfonamides is 1. The summed E-state index contributed by atoms with van der Waals surface area (Å²) in [5.41, 5.74) is 0. The molecule has 0 aliphatic heterocycles. The van der Waals surface area contributed by atoms with Crippen LogP contribution in [0.3, 0.4) is 0 Å². The predicted molar refractivity (Wildman–Crippen MR) is 72.9 cm³/mol. The fourth-order valence-electron chi connectivity index (χ4n) is 1.12. The number of hydrogen-bond donors (Lipinski definition) is 2. The Hall–Kier alpha value is -1.56. The van der Waals surface area contributed by atoms with Gasteiger partial charge in [0.15, 0.2) is 6.61 Å². The molecule has 8 heteroatoms. The topological polar surface area (TPSA) is 98.5 Å². The Labute approximate surface area is 119 Å². The summed E-state index contributed by atoms with van der Waals surface area (Å²) in [6, 6.07) is 3.98. The lowest BCUT2D eigenvalue weighted by Gasteiger charge is -2.08. The second kappa shape index (κ2) is 6.56. The van der Waals surface area contributed by atoms with Crippen molar-refractivity contribution >= 4 is 31.9 Å². The van der Waals surface area contributed by atoms with Gasteiger partial charge in [0.2, 0.25) is 10.0 Å². The molecular weight excluding hydrogens is 336 g/mol. The van der Waals surface area contributed by atoms with Crippen LogP contribution in [0.25, 0.3) is 0 Å². The van der Waals surface area contributed by atoms with E-state index in [-0.39, 0.29) is 24.0 Å². The van der Waals surface area contributed by atoms with Crippen molar-refractivity contribution in [3.8, 4) is 18.1 Å². The van der Waals surface area contributed by atoms with Gasteiger partial charge in [-0.2, -0.15) is 0 Å². The molecule has 0 unspecified atom stereocenters. The van der Waals surface area contributed by atoms with Gasteiger partial charge in [0.05, 0.1) is 15.9 Å². The number of nitrogens with one attached hydrogen (secondary N) is 1. The summed E-state index contributed by atoms with van der Waals surface area (Å²) in [6.07, 6.45) is 4.98. The Bertz CT molecular complexity index is 622. The number of carbonyl (C=O) groups excluding carboxylic acids is 1. The molecule has 3 N–H and O–H groups in total. The van der Waals surface area contributed by atoms with Crippen molar-refractivity contribution in [2.75, 3.05) is 13.2 Å². The molecular formula is C11H11BrN2O4S. The first-order valence-electron chi connectivity index (χ1n) is 5.00. The largest absolute Gasteiger partial charge is 0.483 e. The van der Waals surface area contributed by atoms with Crippen LogP contribution in [0.5, 0.6) is 5.75 Å². The molecule has 102 valence electrons. The van der Waals surface area contributed by atoms with Crippen molar-refractivity contribution in [1.29, 1.82) is 0 Å². The highest BCUT2D eigenvalue weighted by atomic mass is 79.9. The SMILES string of the molecule is C#CCNC(=O)COc1ccc(S(N)(=O)=O)cc1Br. The summed E-state index contributed by atoms with van der Waals surface area (Å²) in [6.45, 7) is -0.108. The molecule has 0 fully saturated rings. The molecule has 0 bridgehead atoms. The first-order valence-corrected chi connectivity index (χ1v) is 7.34. The fraction of sp³-hybridized carbons (Fsp3) is 0.182. The van der Waals surface area contributed by atoms with Crippen molar-refractivity contribution < 1.29 is 17.9 Å². The minimum Gasteiger partial charge on any atom is -0.483 e. The molecule has 1 aromatic carbocycles. The maximum absolute atomic E-state index is 11.2. The standard InChI is InChI=1S/C11H11BrN2O4S/c1-2-5-14-11(15)7-18-10-4-3-8(6-9(10)12)19(13,16)17/h1,3-4,6H,5,7H2,(H,14,15)(H2,13,16,17). The second-order valence-corrected chi connectivity index (χ2v) is 5.82. The maximum atomic E-state index is 11.2. The summed E-state index contributed by atoms with van der Waals surface area (Å²) in [7, 11) is -3.77. The second-order valence-electron chi connectivity index (χ2n) is 3.41. The monoisotopic (exact) mass is 346 g/mol. The van der Waals surface area contributed by atoms with Gasteiger partial charge in [0.1, 0.15) is 5.75 Å². The zero-order valence-corrected chi connectivity index (χ0v) is 12.1. The lowest BCUT2D eigenvalue weighted by molar-refractivity contribution is -0.122. The van der Waals surface area contributed by atoms with E-state index in [0.29, 0.717) is 10.2 Å². The summed E-state index contributed by atoms with van der Waals surface area (Å²) in [5.74, 6) is 2.20. The van der Waals surface area contributed by atoms with Gasteiger partial charge in [-0.1, -0.05) is 5.92 Å². The molecule has 0 aliphatic carbocycles.